The van der Waals surface area contributed by atoms with Crippen LogP contribution in [0.15, 0.2) is 18.2 Å². The summed E-state index contributed by atoms with van der Waals surface area (Å²) in [6, 6.07) is 2.32. The van der Waals surface area contributed by atoms with E-state index in [1.807, 2.05) is 0 Å². The largest absolute Gasteiger partial charge is 0.506 e. The van der Waals surface area contributed by atoms with Gasteiger partial charge < -0.3 is 20.6 Å². The van der Waals surface area contributed by atoms with Crippen molar-refractivity contribution in [2.45, 2.75) is 6.04 Å². The van der Waals surface area contributed by atoms with Gasteiger partial charge >= 0.3 is 5.97 Å². The number of carbonyl (C=O) groups is 2. The van der Waals surface area contributed by atoms with Gasteiger partial charge in [0, 0.05) is 5.56 Å². The number of carboxylic acid groups (broad SMARTS) is 1. The molecule has 0 fully saturated rings. The minimum atomic E-state index is -1.38. The van der Waals surface area contributed by atoms with E-state index in [0.717, 1.165) is 0 Å². The average Bonchev–Trinajstić information content (AvgIpc) is 2.28. The molecule has 7 heteroatoms. The van der Waals surface area contributed by atoms with Crippen LogP contribution in [0, 0.1) is 0 Å². The fourth-order valence-corrected chi connectivity index (χ4v) is 1.26. The van der Waals surface area contributed by atoms with Crippen LogP contribution in [0.1, 0.15) is 10.4 Å². The predicted molar refractivity (Wildman–Crippen MR) is 59.1 cm³/mol. The van der Waals surface area contributed by atoms with Gasteiger partial charge in [-0.25, -0.2) is 4.79 Å². The van der Waals surface area contributed by atoms with Gasteiger partial charge in [-0.15, -0.1) is 0 Å². The van der Waals surface area contributed by atoms with E-state index >= 15 is 0 Å². The number of hydrogen-bond acceptors (Lipinski definition) is 4. The zero-order valence-corrected chi connectivity index (χ0v) is 9.31. The van der Waals surface area contributed by atoms with Crippen LogP contribution < -0.4 is 5.32 Å². The molecule has 0 spiro atoms. The van der Waals surface area contributed by atoms with Crippen molar-refractivity contribution in [2.24, 2.45) is 0 Å². The molecule has 17 heavy (non-hydrogen) atoms. The Kier molecular flexibility index (Phi) is 4.30. The van der Waals surface area contributed by atoms with Crippen LogP contribution in [0.5, 0.6) is 5.75 Å². The normalized spacial score (nSPS) is 11.9. The standard InChI is InChI=1S/C10H10ClNO5/c11-6-3-5(1-2-8(6)14)9(15)12-7(4-13)10(16)17/h1-3,7,13-14H,4H2,(H,12,15)(H,16,17)/t7-/m0/s1. The van der Waals surface area contributed by atoms with Gasteiger partial charge in [0.2, 0.25) is 0 Å². The van der Waals surface area contributed by atoms with Gasteiger partial charge in [0.1, 0.15) is 5.75 Å². The molecular weight excluding hydrogens is 250 g/mol. The van der Waals surface area contributed by atoms with Gasteiger partial charge in [0.15, 0.2) is 6.04 Å². The molecule has 0 bridgehead atoms. The predicted octanol–water partition coefficient (Wildman–Crippen LogP) is 0.221. The number of amides is 1. The third-order valence-corrected chi connectivity index (χ3v) is 2.30. The molecule has 0 heterocycles. The molecular formula is C10H10ClNO5. The van der Waals surface area contributed by atoms with Gasteiger partial charge in [-0.05, 0) is 18.2 Å². The molecule has 0 radical (unpaired) electrons. The molecule has 0 aliphatic heterocycles. The number of halogens is 1. The number of nitrogens with one attached hydrogen (secondary N) is 1. The Morgan fingerprint density at radius 2 is 2.06 bits per heavy atom. The van der Waals surface area contributed by atoms with Crippen molar-refractivity contribution in [3.05, 3.63) is 28.8 Å². The number of phenols is 1. The summed E-state index contributed by atoms with van der Waals surface area (Å²) in [4.78, 5) is 22.1. The van der Waals surface area contributed by atoms with Gasteiger partial charge in [-0.2, -0.15) is 0 Å². The minimum Gasteiger partial charge on any atom is -0.506 e. The van der Waals surface area contributed by atoms with E-state index in [9.17, 15) is 9.59 Å². The van der Waals surface area contributed by atoms with E-state index in [4.69, 9.17) is 26.9 Å². The quantitative estimate of drug-likeness (QED) is 0.619. The van der Waals surface area contributed by atoms with Crippen LogP contribution in [-0.4, -0.2) is 39.8 Å². The lowest BCUT2D eigenvalue weighted by Gasteiger charge is -2.11. The summed E-state index contributed by atoms with van der Waals surface area (Å²) in [6.45, 7) is -0.715. The third kappa shape index (κ3) is 3.33. The highest BCUT2D eigenvalue weighted by Crippen LogP contribution is 2.23. The average molecular weight is 260 g/mol. The van der Waals surface area contributed by atoms with E-state index in [-0.39, 0.29) is 16.3 Å². The fraction of sp³-hybridized carbons (Fsp3) is 0.200. The smallest absolute Gasteiger partial charge is 0.328 e. The maximum Gasteiger partial charge on any atom is 0.328 e. The summed E-state index contributed by atoms with van der Waals surface area (Å²) in [5, 5.41) is 28.6. The van der Waals surface area contributed by atoms with Crippen LogP contribution in [0.2, 0.25) is 5.02 Å². The Bertz CT molecular complexity index is 448. The molecule has 0 unspecified atom stereocenters. The van der Waals surface area contributed by atoms with Crippen molar-refractivity contribution in [3.8, 4) is 5.75 Å². The number of aliphatic hydroxyl groups excluding tert-OH is 1. The molecule has 1 amide bonds. The first-order valence-electron chi connectivity index (χ1n) is 4.58. The number of phenolic OH excluding ortho intramolecular Hbond substituents is 1. The summed E-state index contributed by atoms with van der Waals surface area (Å²) in [6.07, 6.45) is 0. The molecule has 1 atom stereocenters. The Balaban J connectivity index is 2.82. The maximum atomic E-state index is 11.6. The molecule has 92 valence electrons. The van der Waals surface area contributed by atoms with Gasteiger partial charge in [-0.1, -0.05) is 11.6 Å². The monoisotopic (exact) mass is 259 g/mol. The van der Waals surface area contributed by atoms with E-state index in [1.54, 1.807) is 0 Å². The third-order valence-electron chi connectivity index (χ3n) is 2.00. The maximum absolute atomic E-state index is 11.6. The summed E-state index contributed by atoms with van der Waals surface area (Å²) in [5.74, 6) is -2.22. The molecule has 0 aromatic heterocycles. The van der Waals surface area contributed by atoms with Gasteiger partial charge in [-0.3, -0.25) is 4.79 Å². The number of aliphatic carboxylic acids is 1. The number of aliphatic hydroxyl groups is 1. The molecule has 1 aromatic rings. The first-order valence-corrected chi connectivity index (χ1v) is 4.96. The first-order chi connectivity index (χ1) is 7.95. The van der Waals surface area contributed by atoms with Gasteiger partial charge in [0.25, 0.3) is 5.91 Å². The molecule has 1 rings (SSSR count). The van der Waals surface area contributed by atoms with Crippen LogP contribution >= 0.6 is 11.6 Å². The van der Waals surface area contributed by atoms with Crippen molar-refractivity contribution in [2.75, 3.05) is 6.61 Å². The molecule has 6 nitrogen and oxygen atoms in total. The molecule has 1 aromatic carbocycles. The van der Waals surface area contributed by atoms with Crippen LogP contribution in [0.25, 0.3) is 0 Å². The van der Waals surface area contributed by atoms with Gasteiger partial charge in [0.05, 0.1) is 11.6 Å². The Morgan fingerprint density at radius 3 is 2.53 bits per heavy atom. The second kappa shape index (κ2) is 5.51. The number of carboxylic acids is 1. The van der Waals surface area contributed by atoms with Crippen molar-refractivity contribution in [1.82, 2.24) is 5.32 Å². The van der Waals surface area contributed by atoms with Crippen molar-refractivity contribution < 1.29 is 24.9 Å². The lowest BCUT2D eigenvalue weighted by atomic mass is 10.2. The SMILES string of the molecule is O=C(N[C@@H](CO)C(=O)O)c1ccc(O)c(Cl)c1. The summed E-state index contributed by atoms with van der Waals surface area (Å²) in [7, 11) is 0. The number of carbonyl (C=O) groups excluding carboxylic acids is 1. The molecule has 4 N–H and O–H groups in total. The number of aromatic hydroxyl groups is 1. The highest BCUT2D eigenvalue weighted by molar-refractivity contribution is 6.32. The molecule has 0 aliphatic carbocycles. The molecule has 0 aliphatic rings. The summed E-state index contributed by atoms with van der Waals surface area (Å²) >= 11 is 5.60. The Morgan fingerprint density at radius 1 is 1.41 bits per heavy atom. The Hall–Kier alpha value is -1.79. The van der Waals surface area contributed by atoms with E-state index in [0.29, 0.717) is 0 Å². The van der Waals surface area contributed by atoms with Crippen LogP contribution in [0.4, 0.5) is 0 Å². The fourth-order valence-electron chi connectivity index (χ4n) is 1.08. The summed E-state index contributed by atoms with van der Waals surface area (Å²) < 4.78 is 0. The minimum absolute atomic E-state index is 0.0199. The number of hydrogen-bond donors (Lipinski definition) is 4. The van der Waals surface area contributed by atoms with Crippen molar-refractivity contribution in [1.29, 1.82) is 0 Å². The first kappa shape index (κ1) is 13.3. The lowest BCUT2D eigenvalue weighted by molar-refractivity contribution is -0.140. The second-order valence-electron chi connectivity index (χ2n) is 3.21. The number of benzene rings is 1. The highest BCUT2D eigenvalue weighted by atomic mass is 35.5. The molecule has 0 saturated heterocycles. The molecule has 0 saturated carbocycles. The van der Waals surface area contributed by atoms with Crippen molar-refractivity contribution >= 4 is 23.5 Å². The second-order valence-corrected chi connectivity index (χ2v) is 3.62. The lowest BCUT2D eigenvalue weighted by Crippen LogP contribution is -2.43. The van der Waals surface area contributed by atoms with Crippen LogP contribution in [0.3, 0.4) is 0 Å². The van der Waals surface area contributed by atoms with E-state index in [1.165, 1.54) is 18.2 Å². The van der Waals surface area contributed by atoms with E-state index in [2.05, 4.69) is 5.32 Å². The zero-order valence-electron chi connectivity index (χ0n) is 8.55. The summed E-state index contributed by atoms with van der Waals surface area (Å²) in [5.41, 5.74) is 0.0903. The Labute approximate surface area is 101 Å². The topological polar surface area (TPSA) is 107 Å². The van der Waals surface area contributed by atoms with Crippen molar-refractivity contribution in [3.63, 3.8) is 0 Å². The highest BCUT2D eigenvalue weighted by Gasteiger charge is 2.19. The zero-order chi connectivity index (χ0) is 13.0. The van der Waals surface area contributed by atoms with Crippen LogP contribution in [-0.2, 0) is 4.79 Å². The number of rotatable bonds is 4. The van der Waals surface area contributed by atoms with E-state index < -0.39 is 24.5 Å².